The molecule has 1 atom stereocenters. The van der Waals surface area contributed by atoms with Gasteiger partial charge in [-0.1, -0.05) is 32.0 Å². The van der Waals surface area contributed by atoms with Gasteiger partial charge in [0.2, 0.25) is 11.8 Å². The van der Waals surface area contributed by atoms with Crippen LogP contribution in [0.5, 0.6) is 0 Å². The lowest BCUT2D eigenvalue weighted by Crippen LogP contribution is -2.59. The highest BCUT2D eigenvalue weighted by Crippen LogP contribution is 2.16. The first-order valence-corrected chi connectivity index (χ1v) is 7.02. The maximum atomic E-state index is 12.4. The molecule has 0 aromatic heterocycles. The van der Waals surface area contributed by atoms with Gasteiger partial charge in [0.15, 0.2) is 0 Å². The lowest BCUT2D eigenvalue weighted by atomic mass is 10.00. The van der Waals surface area contributed by atoms with Gasteiger partial charge < -0.3 is 10.2 Å². The second kappa shape index (κ2) is 5.65. The SMILES string of the molecule is Cc1ccc(CN2CC(=O)NC(C(C)C)C2=O)cc1C. The van der Waals surface area contributed by atoms with Crippen LogP contribution in [0, 0.1) is 19.8 Å². The van der Waals surface area contributed by atoms with Crippen molar-refractivity contribution >= 4 is 11.8 Å². The van der Waals surface area contributed by atoms with Crippen LogP contribution in [0.25, 0.3) is 0 Å². The smallest absolute Gasteiger partial charge is 0.246 e. The molecule has 1 fully saturated rings. The van der Waals surface area contributed by atoms with E-state index in [0.717, 1.165) is 5.56 Å². The monoisotopic (exact) mass is 274 g/mol. The molecule has 1 N–H and O–H groups in total. The van der Waals surface area contributed by atoms with Crippen LogP contribution in [-0.2, 0) is 16.1 Å². The lowest BCUT2D eigenvalue weighted by Gasteiger charge is -2.34. The minimum atomic E-state index is -0.400. The first kappa shape index (κ1) is 14.6. The van der Waals surface area contributed by atoms with Crippen LogP contribution in [0.15, 0.2) is 18.2 Å². The fourth-order valence-electron chi connectivity index (χ4n) is 2.44. The molecule has 108 valence electrons. The number of hydrogen-bond donors (Lipinski definition) is 1. The van der Waals surface area contributed by atoms with E-state index >= 15 is 0 Å². The van der Waals surface area contributed by atoms with Gasteiger partial charge in [-0.15, -0.1) is 0 Å². The predicted octanol–water partition coefficient (Wildman–Crippen LogP) is 1.79. The Morgan fingerprint density at radius 3 is 2.55 bits per heavy atom. The highest BCUT2D eigenvalue weighted by molar-refractivity contribution is 5.94. The van der Waals surface area contributed by atoms with Crippen molar-refractivity contribution in [2.75, 3.05) is 6.54 Å². The Morgan fingerprint density at radius 2 is 1.95 bits per heavy atom. The molecule has 0 aliphatic carbocycles. The third kappa shape index (κ3) is 3.00. The number of piperazine rings is 1. The first-order valence-electron chi connectivity index (χ1n) is 7.02. The second-order valence-electron chi connectivity index (χ2n) is 5.90. The fourth-order valence-corrected chi connectivity index (χ4v) is 2.44. The summed E-state index contributed by atoms with van der Waals surface area (Å²) in [5.41, 5.74) is 3.51. The van der Waals surface area contributed by atoms with Crippen molar-refractivity contribution in [3.8, 4) is 0 Å². The zero-order chi connectivity index (χ0) is 14.9. The zero-order valence-electron chi connectivity index (χ0n) is 12.6. The standard InChI is InChI=1S/C16H22N2O2/c1-10(2)15-16(20)18(9-14(19)17-15)8-13-6-5-11(3)12(4)7-13/h5-7,10,15H,8-9H2,1-4H3,(H,17,19). The first-order chi connectivity index (χ1) is 9.38. The van der Waals surface area contributed by atoms with Gasteiger partial charge in [-0.3, -0.25) is 9.59 Å². The van der Waals surface area contributed by atoms with E-state index in [1.54, 1.807) is 4.90 Å². The molecule has 0 spiro atoms. The molecule has 1 aromatic rings. The van der Waals surface area contributed by atoms with Crippen LogP contribution in [0.1, 0.15) is 30.5 Å². The summed E-state index contributed by atoms with van der Waals surface area (Å²) < 4.78 is 0. The van der Waals surface area contributed by atoms with Gasteiger partial charge in [-0.05, 0) is 36.5 Å². The van der Waals surface area contributed by atoms with Crippen LogP contribution in [0.2, 0.25) is 0 Å². The molecule has 20 heavy (non-hydrogen) atoms. The van der Waals surface area contributed by atoms with E-state index in [1.807, 2.05) is 19.9 Å². The molecule has 1 aliphatic heterocycles. The zero-order valence-corrected chi connectivity index (χ0v) is 12.6. The second-order valence-corrected chi connectivity index (χ2v) is 5.90. The Bertz CT molecular complexity index is 537. The fraction of sp³-hybridized carbons (Fsp3) is 0.500. The number of amides is 2. The van der Waals surface area contributed by atoms with Gasteiger partial charge in [-0.25, -0.2) is 0 Å². The Kier molecular flexibility index (Phi) is 4.12. The van der Waals surface area contributed by atoms with E-state index in [1.165, 1.54) is 11.1 Å². The molecule has 1 aliphatic rings. The number of carbonyl (C=O) groups excluding carboxylic acids is 2. The summed E-state index contributed by atoms with van der Waals surface area (Å²) in [6, 6.07) is 5.76. The van der Waals surface area contributed by atoms with Crippen molar-refractivity contribution < 1.29 is 9.59 Å². The Balaban J connectivity index is 2.16. The number of rotatable bonds is 3. The molecule has 1 unspecified atom stereocenters. The average Bonchev–Trinajstić information content (AvgIpc) is 2.37. The van der Waals surface area contributed by atoms with E-state index in [2.05, 4.69) is 31.3 Å². The summed E-state index contributed by atoms with van der Waals surface area (Å²) in [7, 11) is 0. The molecule has 0 bridgehead atoms. The molecule has 1 saturated heterocycles. The quantitative estimate of drug-likeness (QED) is 0.913. The number of nitrogens with one attached hydrogen (secondary N) is 1. The summed E-state index contributed by atoms with van der Waals surface area (Å²) in [4.78, 5) is 25.8. The summed E-state index contributed by atoms with van der Waals surface area (Å²) >= 11 is 0. The van der Waals surface area contributed by atoms with Crippen molar-refractivity contribution in [3.05, 3.63) is 34.9 Å². The third-order valence-corrected chi connectivity index (χ3v) is 3.84. The molecule has 2 rings (SSSR count). The van der Waals surface area contributed by atoms with Gasteiger partial charge >= 0.3 is 0 Å². The molecule has 0 saturated carbocycles. The lowest BCUT2D eigenvalue weighted by molar-refractivity contribution is -0.146. The Morgan fingerprint density at radius 1 is 1.25 bits per heavy atom. The van der Waals surface area contributed by atoms with Gasteiger partial charge in [-0.2, -0.15) is 0 Å². The molecule has 1 heterocycles. The van der Waals surface area contributed by atoms with Crippen molar-refractivity contribution in [3.63, 3.8) is 0 Å². The van der Waals surface area contributed by atoms with Crippen LogP contribution in [0.4, 0.5) is 0 Å². The van der Waals surface area contributed by atoms with E-state index in [9.17, 15) is 9.59 Å². The van der Waals surface area contributed by atoms with E-state index in [-0.39, 0.29) is 24.3 Å². The number of carbonyl (C=O) groups is 2. The number of nitrogens with zero attached hydrogens (tertiary/aromatic N) is 1. The van der Waals surface area contributed by atoms with Crippen LogP contribution in [-0.4, -0.2) is 29.3 Å². The van der Waals surface area contributed by atoms with Crippen LogP contribution in [0.3, 0.4) is 0 Å². The molecule has 1 aromatic carbocycles. The van der Waals surface area contributed by atoms with Crippen LogP contribution < -0.4 is 5.32 Å². The van der Waals surface area contributed by atoms with Gasteiger partial charge in [0.1, 0.15) is 6.04 Å². The van der Waals surface area contributed by atoms with Crippen molar-refractivity contribution in [2.45, 2.75) is 40.3 Å². The maximum Gasteiger partial charge on any atom is 0.246 e. The van der Waals surface area contributed by atoms with E-state index in [4.69, 9.17) is 0 Å². The molecular weight excluding hydrogens is 252 g/mol. The topological polar surface area (TPSA) is 49.4 Å². The number of hydrogen-bond acceptors (Lipinski definition) is 2. The predicted molar refractivity (Wildman–Crippen MR) is 78.1 cm³/mol. The van der Waals surface area contributed by atoms with Crippen molar-refractivity contribution in [2.24, 2.45) is 5.92 Å². The number of benzene rings is 1. The molecule has 4 nitrogen and oxygen atoms in total. The van der Waals surface area contributed by atoms with Gasteiger partial charge in [0.25, 0.3) is 0 Å². The van der Waals surface area contributed by atoms with Gasteiger partial charge in [0.05, 0.1) is 6.54 Å². The molecule has 0 radical (unpaired) electrons. The largest absolute Gasteiger partial charge is 0.343 e. The highest BCUT2D eigenvalue weighted by Gasteiger charge is 2.34. The van der Waals surface area contributed by atoms with Gasteiger partial charge in [0, 0.05) is 6.54 Å². The molecular formula is C16H22N2O2. The minimum absolute atomic E-state index is 0.0119. The number of aryl methyl sites for hydroxylation is 2. The average molecular weight is 274 g/mol. The van der Waals surface area contributed by atoms with E-state index < -0.39 is 6.04 Å². The molecule has 4 heteroatoms. The summed E-state index contributed by atoms with van der Waals surface area (Å²) in [6.45, 7) is 8.66. The summed E-state index contributed by atoms with van der Waals surface area (Å²) in [6.07, 6.45) is 0. The Hall–Kier alpha value is -1.84. The third-order valence-electron chi connectivity index (χ3n) is 3.84. The van der Waals surface area contributed by atoms with Crippen molar-refractivity contribution in [1.82, 2.24) is 10.2 Å². The van der Waals surface area contributed by atoms with Crippen LogP contribution >= 0.6 is 0 Å². The van der Waals surface area contributed by atoms with E-state index in [0.29, 0.717) is 6.54 Å². The summed E-state index contributed by atoms with van der Waals surface area (Å²) in [5, 5.41) is 2.77. The van der Waals surface area contributed by atoms with Crippen molar-refractivity contribution in [1.29, 1.82) is 0 Å². The summed E-state index contributed by atoms with van der Waals surface area (Å²) in [5.74, 6) is 0.0407. The molecule has 2 amide bonds. The highest BCUT2D eigenvalue weighted by atomic mass is 16.2. The Labute approximate surface area is 120 Å². The maximum absolute atomic E-state index is 12.4. The minimum Gasteiger partial charge on any atom is -0.343 e. The normalized spacial score (nSPS) is 19.4.